The number of fused-ring (bicyclic) bond motifs is 1. The first kappa shape index (κ1) is 12.5. The largest absolute Gasteiger partial charge is 0.352 e. The van der Waals surface area contributed by atoms with Crippen molar-refractivity contribution in [3.05, 3.63) is 41.6 Å². The van der Waals surface area contributed by atoms with Crippen LogP contribution in [-0.2, 0) is 0 Å². The molecule has 1 aromatic carbocycles. The molecule has 1 aromatic heterocycles. The van der Waals surface area contributed by atoms with Gasteiger partial charge in [-0.15, -0.1) is 0 Å². The van der Waals surface area contributed by atoms with Crippen LogP contribution in [0.1, 0.15) is 22.5 Å². The van der Waals surface area contributed by atoms with E-state index in [2.05, 4.69) is 10.3 Å². The standard InChI is InChI=1S/C14H17N3O/c1-10-12(14(18)16-8-4-7-15)9-11-5-2-3-6-13(11)17-10/h2-3,5-6,9H,4,7-8,15H2,1H3,(H,16,18). The Balaban J connectivity index is 2.27. The van der Waals surface area contributed by atoms with E-state index in [1.54, 1.807) is 0 Å². The van der Waals surface area contributed by atoms with Crippen LogP contribution in [-0.4, -0.2) is 24.0 Å². The van der Waals surface area contributed by atoms with E-state index >= 15 is 0 Å². The van der Waals surface area contributed by atoms with Crippen LogP contribution in [0.4, 0.5) is 0 Å². The topological polar surface area (TPSA) is 68.0 Å². The van der Waals surface area contributed by atoms with Gasteiger partial charge in [-0.1, -0.05) is 18.2 Å². The van der Waals surface area contributed by atoms with Gasteiger partial charge in [0.15, 0.2) is 0 Å². The van der Waals surface area contributed by atoms with E-state index in [9.17, 15) is 4.79 Å². The molecule has 0 radical (unpaired) electrons. The van der Waals surface area contributed by atoms with E-state index in [0.717, 1.165) is 23.0 Å². The van der Waals surface area contributed by atoms with Crippen molar-refractivity contribution in [1.29, 1.82) is 0 Å². The lowest BCUT2D eigenvalue weighted by molar-refractivity contribution is 0.0952. The van der Waals surface area contributed by atoms with Crippen LogP contribution in [0, 0.1) is 6.92 Å². The zero-order valence-electron chi connectivity index (χ0n) is 10.4. The summed E-state index contributed by atoms with van der Waals surface area (Å²) in [5.41, 5.74) is 7.68. The summed E-state index contributed by atoms with van der Waals surface area (Å²) in [4.78, 5) is 16.4. The highest BCUT2D eigenvalue weighted by atomic mass is 16.1. The molecule has 2 rings (SSSR count). The van der Waals surface area contributed by atoms with Gasteiger partial charge in [-0.3, -0.25) is 9.78 Å². The number of carbonyl (C=O) groups excluding carboxylic acids is 1. The number of nitrogens with two attached hydrogens (primary N) is 1. The van der Waals surface area contributed by atoms with Crippen molar-refractivity contribution in [2.45, 2.75) is 13.3 Å². The van der Waals surface area contributed by atoms with Gasteiger partial charge in [0.1, 0.15) is 0 Å². The van der Waals surface area contributed by atoms with E-state index in [0.29, 0.717) is 18.7 Å². The van der Waals surface area contributed by atoms with E-state index in [-0.39, 0.29) is 5.91 Å². The second kappa shape index (κ2) is 5.60. The molecule has 0 unspecified atom stereocenters. The van der Waals surface area contributed by atoms with Crippen LogP contribution in [0.3, 0.4) is 0 Å². The quantitative estimate of drug-likeness (QED) is 0.802. The third kappa shape index (κ3) is 2.65. The van der Waals surface area contributed by atoms with Crippen molar-refractivity contribution in [3.8, 4) is 0 Å². The molecule has 0 aliphatic carbocycles. The minimum Gasteiger partial charge on any atom is -0.352 e. The van der Waals surface area contributed by atoms with E-state index < -0.39 is 0 Å². The summed E-state index contributed by atoms with van der Waals surface area (Å²) in [6, 6.07) is 9.66. The van der Waals surface area contributed by atoms with Gasteiger partial charge >= 0.3 is 0 Å². The second-order valence-electron chi connectivity index (χ2n) is 4.21. The maximum Gasteiger partial charge on any atom is 0.253 e. The fourth-order valence-corrected chi connectivity index (χ4v) is 1.84. The molecule has 0 saturated carbocycles. The normalized spacial score (nSPS) is 10.6. The number of pyridine rings is 1. The number of aromatic nitrogens is 1. The van der Waals surface area contributed by atoms with Crippen LogP contribution in [0.5, 0.6) is 0 Å². The summed E-state index contributed by atoms with van der Waals surface area (Å²) in [6.45, 7) is 3.03. The lowest BCUT2D eigenvalue weighted by Crippen LogP contribution is -2.26. The number of benzene rings is 1. The lowest BCUT2D eigenvalue weighted by atomic mass is 10.1. The number of nitrogens with zero attached hydrogens (tertiary/aromatic N) is 1. The van der Waals surface area contributed by atoms with Gasteiger partial charge < -0.3 is 11.1 Å². The first-order chi connectivity index (χ1) is 8.72. The lowest BCUT2D eigenvalue weighted by Gasteiger charge is -2.08. The Morgan fingerprint density at radius 2 is 2.17 bits per heavy atom. The van der Waals surface area contributed by atoms with Gasteiger partial charge in [-0.05, 0) is 32.0 Å². The molecule has 0 aliphatic rings. The van der Waals surface area contributed by atoms with Crippen LogP contribution >= 0.6 is 0 Å². The highest BCUT2D eigenvalue weighted by Gasteiger charge is 2.10. The number of amides is 1. The molecule has 1 heterocycles. The van der Waals surface area contributed by atoms with Gasteiger partial charge in [-0.2, -0.15) is 0 Å². The van der Waals surface area contributed by atoms with E-state index in [1.165, 1.54) is 0 Å². The Kier molecular flexibility index (Phi) is 3.89. The van der Waals surface area contributed by atoms with Crippen LogP contribution in [0.25, 0.3) is 10.9 Å². The number of aryl methyl sites for hydroxylation is 1. The Bertz CT molecular complexity index is 566. The summed E-state index contributed by atoms with van der Waals surface area (Å²) in [7, 11) is 0. The van der Waals surface area contributed by atoms with Crippen LogP contribution in [0.15, 0.2) is 30.3 Å². The average molecular weight is 243 g/mol. The van der Waals surface area contributed by atoms with Gasteiger partial charge in [0.25, 0.3) is 5.91 Å². The van der Waals surface area contributed by atoms with Crippen LogP contribution < -0.4 is 11.1 Å². The molecule has 1 amide bonds. The molecular formula is C14H17N3O. The van der Waals surface area contributed by atoms with Crippen molar-refractivity contribution in [2.75, 3.05) is 13.1 Å². The predicted molar refractivity (Wildman–Crippen MR) is 72.5 cm³/mol. The number of nitrogens with one attached hydrogen (secondary N) is 1. The Morgan fingerprint density at radius 3 is 2.94 bits per heavy atom. The van der Waals surface area contributed by atoms with Gasteiger partial charge in [0.05, 0.1) is 16.8 Å². The molecule has 4 heteroatoms. The van der Waals surface area contributed by atoms with Gasteiger partial charge in [0.2, 0.25) is 0 Å². The monoisotopic (exact) mass is 243 g/mol. The number of hydrogen-bond acceptors (Lipinski definition) is 3. The maximum absolute atomic E-state index is 12.0. The number of carbonyl (C=O) groups is 1. The predicted octanol–water partition coefficient (Wildman–Crippen LogP) is 1.62. The molecule has 18 heavy (non-hydrogen) atoms. The third-order valence-electron chi connectivity index (χ3n) is 2.83. The molecule has 0 aliphatic heterocycles. The van der Waals surface area contributed by atoms with Crippen molar-refractivity contribution >= 4 is 16.8 Å². The first-order valence-electron chi connectivity index (χ1n) is 6.07. The maximum atomic E-state index is 12.0. The third-order valence-corrected chi connectivity index (χ3v) is 2.83. The van der Waals surface area contributed by atoms with Crippen LogP contribution in [0.2, 0.25) is 0 Å². The zero-order chi connectivity index (χ0) is 13.0. The number of para-hydroxylation sites is 1. The minimum absolute atomic E-state index is 0.0841. The fourth-order valence-electron chi connectivity index (χ4n) is 1.84. The van der Waals surface area contributed by atoms with Gasteiger partial charge in [0, 0.05) is 11.9 Å². The summed E-state index contributed by atoms with van der Waals surface area (Å²) in [6.07, 6.45) is 0.784. The SMILES string of the molecule is Cc1nc2ccccc2cc1C(=O)NCCCN. The average Bonchev–Trinajstić information content (AvgIpc) is 2.38. The molecule has 0 spiro atoms. The molecule has 94 valence electrons. The van der Waals surface area contributed by atoms with Gasteiger partial charge in [-0.25, -0.2) is 0 Å². The zero-order valence-corrected chi connectivity index (χ0v) is 10.4. The molecule has 4 nitrogen and oxygen atoms in total. The highest BCUT2D eigenvalue weighted by molar-refractivity contribution is 5.98. The first-order valence-corrected chi connectivity index (χ1v) is 6.07. The number of hydrogen-bond donors (Lipinski definition) is 2. The van der Waals surface area contributed by atoms with Crippen molar-refractivity contribution in [1.82, 2.24) is 10.3 Å². The van der Waals surface area contributed by atoms with Crippen molar-refractivity contribution < 1.29 is 4.79 Å². The second-order valence-corrected chi connectivity index (χ2v) is 4.21. The smallest absolute Gasteiger partial charge is 0.253 e. The molecule has 0 saturated heterocycles. The molecule has 0 atom stereocenters. The Hall–Kier alpha value is -1.94. The molecule has 0 fully saturated rings. The molecule has 0 bridgehead atoms. The summed E-state index contributed by atoms with van der Waals surface area (Å²) in [5.74, 6) is -0.0841. The summed E-state index contributed by atoms with van der Waals surface area (Å²) >= 11 is 0. The Morgan fingerprint density at radius 1 is 1.39 bits per heavy atom. The van der Waals surface area contributed by atoms with E-state index in [4.69, 9.17) is 5.73 Å². The number of rotatable bonds is 4. The van der Waals surface area contributed by atoms with Crippen molar-refractivity contribution in [3.63, 3.8) is 0 Å². The molecule has 3 N–H and O–H groups in total. The summed E-state index contributed by atoms with van der Waals surface area (Å²) in [5, 5.41) is 3.83. The fraction of sp³-hybridized carbons (Fsp3) is 0.286. The van der Waals surface area contributed by atoms with E-state index in [1.807, 2.05) is 37.3 Å². The highest BCUT2D eigenvalue weighted by Crippen LogP contribution is 2.16. The minimum atomic E-state index is -0.0841. The van der Waals surface area contributed by atoms with Crippen molar-refractivity contribution in [2.24, 2.45) is 5.73 Å². The molecule has 2 aromatic rings. The Labute approximate surface area is 106 Å². The summed E-state index contributed by atoms with van der Waals surface area (Å²) < 4.78 is 0. The molecular weight excluding hydrogens is 226 g/mol.